The third kappa shape index (κ3) is 4.73. The summed E-state index contributed by atoms with van der Waals surface area (Å²) in [4.78, 5) is 0. The SMILES string of the molecule is CC(C)Cc1ccc([C@H](C)C(=N)NCc2ccccc2)cc1. The second-order valence-electron chi connectivity index (χ2n) is 6.31. The van der Waals surface area contributed by atoms with Gasteiger partial charge in [-0.05, 0) is 29.0 Å². The Bertz CT molecular complexity index is 585. The highest BCUT2D eigenvalue weighted by molar-refractivity contribution is 5.85. The van der Waals surface area contributed by atoms with Crippen LogP contribution in [0.4, 0.5) is 0 Å². The fourth-order valence-electron chi connectivity index (χ4n) is 2.53. The maximum atomic E-state index is 8.24. The fourth-order valence-corrected chi connectivity index (χ4v) is 2.53. The summed E-state index contributed by atoms with van der Waals surface area (Å²) in [5.41, 5.74) is 3.76. The Hall–Kier alpha value is -2.09. The van der Waals surface area contributed by atoms with E-state index in [0.29, 0.717) is 18.3 Å². The standard InChI is InChI=1S/C20H26N2/c1-15(2)13-17-9-11-19(12-10-17)16(3)20(21)22-14-18-7-5-4-6-8-18/h4-12,15-16H,13-14H2,1-3H3,(H2,21,22)/t16-/m0/s1. The first-order chi connectivity index (χ1) is 10.6. The van der Waals surface area contributed by atoms with E-state index in [9.17, 15) is 0 Å². The van der Waals surface area contributed by atoms with Crippen molar-refractivity contribution in [3.05, 3.63) is 71.3 Å². The van der Waals surface area contributed by atoms with Crippen LogP contribution in [0.1, 0.15) is 43.4 Å². The topological polar surface area (TPSA) is 35.9 Å². The van der Waals surface area contributed by atoms with Gasteiger partial charge in [0.15, 0.2) is 0 Å². The lowest BCUT2D eigenvalue weighted by Crippen LogP contribution is -2.26. The van der Waals surface area contributed by atoms with E-state index in [0.717, 1.165) is 6.42 Å². The van der Waals surface area contributed by atoms with Gasteiger partial charge in [-0.25, -0.2) is 0 Å². The van der Waals surface area contributed by atoms with E-state index in [1.807, 2.05) is 18.2 Å². The smallest absolute Gasteiger partial charge is 0.101 e. The van der Waals surface area contributed by atoms with Gasteiger partial charge in [0.25, 0.3) is 0 Å². The van der Waals surface area contributed by atoms with Crippen LogP contribution in [0.3, 0.4) is 0 Å². The minimum Gasteiger partial charge on any atom is -0.369 e. The molecule has 2 aromatic carbocycles. The summed E-state index contributed by atoms with van der Waals surface area (Å²) in [5, 5.41) is 11.5. The molecule has 0 bridgehead atoms. The van der Waals surface area contributed by atoms with E-state index in [4.69, 9.17) is 5.41 Å². The van der Waals surface area contributed by atoms with Crippen LogP contribution in [0, 0.1) is 11.3 Å². The molecule has 0 heterocycles. The Morgan fingerprint density at radius 2 is 1.55 bits per heavy atom. The van der Waals surface area contributed by atoms with Gasteiger partial charge in [0.2, 0.25) is 0 Å². The zero-order chi connectivity index (χ0) is 15.9. The van der Waals surface area contributed by atoms with Crippen molar-refractivity contribution in [3.8, 4) is 0 Å². The Morgan fingerprint density at radius 1 is 0.909 bits per heavy atom. The molecule has 22 heavy (non-hydrogen) atoms. The van der Waals surface area contributed by atoms with E-state index < -0.39 is 0 Å². The molecule has 0 amide bonds. The first-order valence-electron chi connectivity index (χ1n) is 8.01. The fraction of sp³-hybridized carbons (Fsp3) is 0.350. The van der Waals surface area contributed by atoms with Crippen molar-refractivity contribution < 1.29 is 0 Å². The molecule has 0 unspecified atom stereocenters. The summed E-state index contributed by atoms with van der Waals surface area (Å²) in [5.74, 6) is 1.34. The molecule has 0 saturated carbocycles. The van der Waals surface area contributed by atoms with Crippen LogP contribution in [0.15, 0.2) is 54.6 Å². The zero-order valence-electron chi connectivity index (χ0n) is 13.8. The predicted molar refractivity (Wildman–Crippen MR) is 94.4 cm³/mol. The van der Waals surface area contributed by atoms with E-state index in [-0.39, 0.29) is 5.92 Å². The van der Waals surface area contributed by atoms with Gasteiger partial charge in [0.05, 0.1) is 0 Å². The molecule has 0 aliphatic heterocycles. The normalized spacial score (nSPS) is 12.2. The number of hydrogen-bond acceptors (Lipinski definition) is 1. The largest absolute Gasteiger partial charge is 0.369 e. The van der Waals surface area contributed by atoms with Crippen molar-refractivity contribution in [1.29, 1.82) is 5.41 Å². The molecule has 2 N–H and O–H groups in total. The number of hydrogen-bond donors (Lipinski definition) is 2. The molecule has 0 fully saturated rings. The van der Waals surface area contributed by atoms with Gasteiger partial charge in [-0.15, -0.1) is 0 Å². The highest BCUT2D eigenvalue weighted by atomic mass is 14.9. The number of rotatable bonds is 6. The maximum Gasteiger partial charge on any atom is 0.101 e. The Morgan fingerprint density at radius 3 is 2.14 bits per heavy atom. The molecule has 0 aliphatic rings. The van der Waals surface area contributed by atoms with Crippen LogP contribution < -0.4 is 5.32 Å². The number of nitrogens with one attached hydrogen (secondary N) is 2. The Labute approximate surface area is 134 Å². The summed E-state index contributed by atoms with van der Waals surface area (Å²) in [6.45, 7) is 7.26. The van der Waals surface area contributed by atoms with Crippen molar-refractivity contribution in [2.24, 2.45) is 5.92 Å². The molecular formula is C20H26N2. The lowest BCUT2D eigenvalue weighted by molar-refractivity contribution is 0.647. The van der Waals surface area contributed by atoms with Gasteiger partial charge in [-0.1, -0.05) is 75.4 Å². The first-order valence-corrected chi connectivity index (χ1v) is 8.01. The lowest BCUT2D eigenvalue weighted by Gasteiger charge is -2.16. The van der Waals surface area contributed by atoms with Crippen LogP contribution in [-0.4, -0.2) is 5.84 Å². The van der Waals surface area contributed by atoms with E-state index in [1.54, 1.807) is 0 Å². The van der Waals surface area contributed by atoms with Crippen molar-refractivity contribution in [3.63, 3.8) is 0 Å². The number of benzene rings is 2. The summed E-state index contributed by atoms with van der Waals surface area (Å²) in [7, 11) is 0. The molecule has 0 spiro atoms. The average Bonchev–Trinajstić information content (AvgIpc) is 2.53. The molecule has 0 aliphatic carbocycles. The Kier molecular flexibility index (Phi) is 5.76. The van der Waals surface area contributed by atoms with Crippen molar-refractivity contribution >= 4 is 5.84 Å². The van der Waals surface area contributed by atoms with Gasteiger partial charge in [-0.3, -0.25) is 5.41 Å². The van der Waals surface area contributed by atoms with Gasteiger partial charge < -0.3 is 5.32 Å². The molecule has 116 valence electrons. The maximum absolute atomic E-state index is 8.24. The predicted octanol–water partition coefficient (Wildman–Crippen LogP) is 4.76. The van der Waals surface area contributed by atoms with E-state index in [1.165, 1.54) is 16.7 Å². The molecule has 0 saturated heterocycles. The third-order valence-corrected chi connectivity index (χ3v) is 3.88. The molecule has 0 radical (unpaired) electrons. The van der Waals surface area contributed by atoms with Gasteiger partial charge in [0.1, 0.15) is 5.84 Å². The van der Waals surface area contributed by atoms with Gasteiger partial charge >= 0.3 is 0 Å². The summed E-state index contributed by atoms with van der Waals surface area (Å²) in [6, 6.07) is 18.9. The van der Waals surface area contributed by atoms with Crippen LogP contribution in [0.5, 0.6) is 0 Å². The monoisotopic (exact) mass is 294 g/mol. The van der Waals surface area contributed by atoms with Crippen LogP contribution in [0.2, 0.25) is 0 Å². The van der Waals surface area contributed by atoms with Crippen LogP contribution >= 0.6 is 0 Å². The molecule has 1 atom stereocenters. The molecule has 2 heteroatoms. The third-order valence-electron chi connectivity index (χ3n) is 3.88. The molecular weight excluding hydrogens is 268 g/mol. The summed E-state index contributed by atoms with van der Waals surface area (Å²) >= 11 is 0. The second kappa shape index (κ2) is 7.79. The summed E-state index contributed by atoms with van der Waals surface area (Å²) < 4.78 is 0. The zero-order valence-corrected chi connectivity index (χ0v) is 13.8. The van der Waals surface area contributed by atoms with Crippen LogP contribution in [0.25, 0.3) is 0 Å². The molecule has 0 aromatic heterocycles. The van der Waals surface area contributed by atoms with Gasteiger partial charge in [0, 0.05) is 12.5 Å². The van der Waals surface area contributed by atoms with Crippen molar-refractivity contribution in [1.82, 2.24) is 5.32 Å². The van der Waals surface area contributed by atoms with Crippen molar-refractivity contribution in [2.45, 2.75) is 39.7 Å². The quantitative estimate of drug-likeness (QED) is 0.585. The minimum atomic E-state index is 0.0943. The van der Waals surface area contributed by atoms with Gasteiger partial charge in [-0.2, -0.15) is 0 Å². The molecule has 2 rings (SSSR count). The minimum absolute atomic E-state index is 0.0943. The van der Waals surface area contributed by atoms with E-state index >= 15 is 0 Å². The van der Waals surface area contributed by atoms with Crippen LogP contribution in [-0.2, 0) is 13.0 Å². The molecule has 2 aromatic rings. The first kappa shape index (κ1) is 16.3. The average molecular weight is 294 g/mol. The summed E-state index contributed by atoms with van der Waals surface area (Å²) in [6.07, 6.45) is 1.11. The Balaban J connectivity index is 1.92. The van der Waals surface area contributed by atoms with Crippen molar-refractivity contribution in [2.75, 3.05) is 0 Å². The highest BCUT2D eigenvalue weighted by Gasteiger charge is 2.11. The number of amidine groups is 1. The lowest BCUT2D eigenvalue weighted by atomic mass is 9.96. The second-order valence-corrected chi connectivity index (χ2v) is 6.31. The highest BCUT2D eigenvalue weighted by Crippen LogP contribution is 2.18. The van der Waals surface area contributed by atoms with E-state index in [2.05, 4.69) is 62.5 Å². The molecule has 2 nitrogen and oxygen atoms in total.